The lowest BCUT2D eigenvalue weighted by atomic mass is 10.2. The van der Waals surface area contributed by atoms with Gasteiger partial charge in [0.1, 0.15) is 17.2 Å². The Labute approximate surface area is 161 Å². The van der Waals surface area contributed by atoms with Gasteiger partial charge in [-0.3, -0.25) is 9.48 Å². The maximum Gasteiger partial charge on any atom is 0.345 e. The molecule has 1 aromatic heterocycles. The first kappa shape index (κ1) is 19.0. The Bertz CT molecular complexity index is 1020. The number of benzene rings is 2. The first-order valence-corrected chi connectivity index (χ1v) is 8.90. The van der Waals surface area contributed by atoms with Crippen molar-refractivity contribution in [1.82, 2.24) is 9.36 Å². The van der Waals surface area contributed by atoms with E-state index in [4.69, 9.17) is 4.74 Å². The summed E-state index contributed by atoms with van der Waals surface area (Å²) in [7, 11) is 0. The fourth-order valence-corrected chi connectivity index (χ4v) is 2.92. The highest BCUT2D eigenvalue weighted by molar-refractivity contribution is 9.10. The fourth-order valence-electron chi connectivity index (χ4n) is 2.65. The molecule has 0 N–H and O–H groups in total. The first-order chi connectivity index (χ1) is 12.9. The monoisotopic (exact) mass is 436 g/mol. The Morgan fingerprint density at radius 1 is 1.11 bits per heavy atom. The van der Waals surface area contributed by atoms with Gasteiger partial charge >= 0.3 is 5.97 Å². The van der Waals surface area contributed by atoms with Crippen molar-refractivity contribution in [2.24, 2.45) is 0 Å². The molecule has 3 aromatic rings. The molecule has 0 bridgehead atoms. The summed E-state index contributed by atoms with van der Waals surface area (Å²) in [6.45, 7) is 1.45. The van der Waals surface area contributed by atoms with Crippen molar-refractivity contribution < 1.29 is 18.3 Å². The van der Waals surface area contributed by atoms with Crippen LogP contribution in [0.15, 0.2) is 57.9 Å². The SMILES string of the molecule is CCOC(=O)c1cn(Cc2c(F)cccc2F)n(-c2ccc(Br)cc2)c1=O. The summed E-state index contributed by atoms with van der Waals surface area (Å²) in [5, 5.41) is 0. The summed E-state index contributed by atoms with van der Waals surface area (Å²) in [6.07, 6.45) is 1.24. The molecule has 2 aromatic carbocycles. The van der Waals surface area contributed by atoms with E-state index in [1.807, 2.05) is 0 Å². The molecule has 0 atom stereocenters. The fraction of sp³-hybridized carbons (Fsp3) is 0.158. The third-order valence-electron chi connectivity index (χ3n) is 3.91. The zero-order chi connectivity index (χ0) is 19.6. The summed E-state index contributed by atoms with van der Waals surface area (Å²) < 4.78 is 36.3. The molecule has 1 heterocycles. The molecule has 0 aliphatic rings. The highest BCUT2D eigenvalue weighted by Gasteiger charge is 2.21. The number of aromatic nitrogens is 2. The molecule has 27 heavy (non-hydrogen) atoms. The molecule has 3 rings (SSSR count). The Morgan fingerprint density at radius 3 is 2.33 bits per heavy atom. The van der Waals surface area contributed by atoms with Crippen molar-refractivity contribution in [2.75, 3.05) is 6.61 Å². The van der Waals surface area contributed by atoms with Crippen molar-refractivity contribution in [2.45, 2.75) is 13.5 Å². The predicted octanol–water partition coefficient (Wildman–Crippen LogP) is 3.90. The lowest BCUT2D eigenvalue weighted by Gasteiger charge is -2.13. The molecule has 0 saturated heterocycles. The van der Waals surface area contributed by atoms with Gasteiger partial charge in [-0.05, 0) is 43.3 Å². The Kier molecular flexibility index (Phi) is 5.55. The lowest BCUT2D eigenvalue weighted by Crippen LogP contribution is -2.25. The Balaban J connectivity index is 2.16. The van der Waals surface area contributed by atoms with E-state index in [1.54, 1.807) is 31.2 Å². The van der Waals surface area contributed by atoms with E-state index in [1.165, 1.54) is 21.6 Å². The maximum atomic E-state index is 14.1. The van der Waals surface area contributed by atoms with Crippen LogP contribution in [0.1, 0.15) is 22.8 Å². The van der Waals surface area contributed by atoms with Crippen LogP contribution in [0, 0.1) is 11.6 Å². The molecule has 5 nitrogen and oxygen atoms in total. The summed E-state index contributed by atoms with van der Waals surface area (Å²) >= 11 is 3.31. The predicted molar refractivity (Wildman–Crippen MR) is 99.1 cm³/mol. The molecule has 0 saturated carbocycles. The van der Waals surface area contributed by atoms with Crippen molar-refractivity contribution in [1.29, 1.82) is 0 Å². The van der Waals surface area contributed by atoms with E-state index in [2.05, 4.69) is 15.9 Å². The van der Waals surface area contributed by atoms with Crippen molar-refractivity contribution in [3.63, 3.8) is 0 Å². The van der Waals surface area contributed by atoms with Crippen molar-refractivity contribution >= 4 is 21.9 Å². The Hall–Kier alpha value is -2.74. The van der Waals surface area contributed by atoms with E-state index in [0.717, 1.165) is 16.6 Å². The van der Waals surface area contributed by atoms with Crippen LogP contribution in [0.2, 0.25) is 0 Å². The lowest BCUT2D eigenvalue weighted by molar-refractivity contribution is 0.0524. The second-order valence-electron chi connectivity index (χ2n) is 5.65. The summed E-state index contributed by atoms with van der Waals surface area (Å²) in [5.74, 6) is -2.27. The van der Waals surface area contributed by atoms with Crippen molar-refractivity contribution in [3.05, 3.63) is 86.2 Å². The molecule has 140 valence electrons. The smallest absolute Gasteiger partial charge is 0.345 e. The van der Waals surface area contributed by atoms with Gasteiger partial charge in [-0.25, -0.2) is 18.3 Å². The highest BCUT2D eigenvalue weighted by atomic mass is 79.9. The van der Waals surface area contributed by atoms with Gasteiger partial charge in [0.15, 0.2) is 0 Å². The zero-order valence-electron chi connectivity index (χ0n) is 14.3. The van der Waals surface area contributed by atoms with E-state index in [9.17, 15) is 18.4 Å². The van der Waals surface area contributed by atoms with Gasteiger partial charge < -0.3 is 4.74 Å². The van der Waals surface area contributed by atoms with Gasteiger partial charge in [0, 0.05) is 16.2 Å². The normalized spacial score (nSPS) is 10.8. The van der Waals surface area contributed by atoms with Crippen LogP contribution in [0.5, 0.6) is 0 Å². The molecule has 0 spiro atoms. The molecule has 8 heteroatoms. The largest absolute Gasteiger partial charge is 0.462 e. The first-order valence-electron chi connectivity index (χ1n) is 8.10. The van der Waals surface area contributed by atoms with Crippen LogP contribution in [0.4, 0.5) is 8.78 Å². The average molecular weight is 437 g/mol. The van der Waals surface area contributed by atoms with Crippen LogP contribution in [0.3, 0.4) is 0 Å². The number of carbonyl (C=O) groups is 1. The summed E-state index contributed by atoms with van der Waals surface area (Å²) in [6, 6.07) is 10.3. The van der Waals surface area contributed by atoms with E-state index >= 15 is 0 Å². The number of carbonyl (C=O) groups excluding carboxylic acids is 1. The number of halogens is 3. The third kappa shape index (κ3) is 3.85. The van der Waals surface area contributed by atoms with Gasteiger partial charge in [0.25, 0.3) is 5.56 Å². The molecule has 0 aliphatic carbocycles. The van der Waals surface area contributed by atoms with E-state index in [0.29, 0.717) is 5.69 Å². The van der Waals surface area contributed by atoms with Gasteiger partial charge in [-0.2, -0.15) is 0 Å². The van der Waals surface area contributed by atoms with Gasteiger partial charge in [0.05, 0.1) is 18.8 Å². The van der Waals surface area contributed by atoms with Crippen LogP contribution in [-0.2, 0) is 11.3 Å². The quantitative estimate of drug-likeness (QED) is 0.569. The Morgan fingerprint density at radius 2 is 1.74 bits per heavy atom. The molecule has 0 unspecified atom stereocenters. The minimum absolute atomic E-state index is 0.101. The van der Waals surface area contributed by atoms with Crippen LogP contribution >= 0.6 is 15.9 Å². The van der Waals surface area contributed by atoms with Gasteiger partial charge in [-0.15, -0.1) is 0 Å². The topological polar surface area (TPSA) is 53.2 Å². The molecule has 0 amide bonds. The number of ether oxygens (including phenoxy) is 1. The molecule has 0 fully saturated rings. The maximum absolute atomic E-state index is 14.1. The molecule has 0 radical (unpaired) electrons. The third-order valence-corrected chi connectivity index (χ3v) is 4.43. The number of hydrogen-bond donors (Lipinski definition) is 0. The highest BCUT2D eigenvalue weighted by Crippen LogP contribution is 2.17. The minimum atomic E-state index is -0.791. The van der Waals surface area contributed by atoms with Crippen LogP contribution in [0.25, 0.3) is 5.69 Å². The molecular formula is C19H15BrF2N2O3. The van der Waals surface area contributed by atoms with Gasteiger partial charge in [-0.1, -0.05) is 22.0 Å². The summed E-state index contributed by atoms with van der Waals surface area (Å²) in [4.78, 5) is 24.9. The van der Waals surface area contributed by atoms with E-state index < -0.39 is 23.2 Å². The second kappa shape index (κ2) is 7.87. The van der Waals surface area contributed by atoms with Gasteiger partial charge in [0.2, 0.25) is 0 Å². The number of esters is 1. The van der Waals surface area contributed by atoms with Crippen LogP contribution < -0.4 is 5.56 Å². The summed E-state index contributed by atoms with van der Waals surface area (Å²) in [5.41, 5.74) is -0.617. The number of nitrogens with zero attached hydrogens (tertiary/aromatic N) is 2. The standard InChI is InChI=1S/C19H15BrF2N2O3/c1-2-27-19(26)15-11-23(10-14-16(21)4-3-5-17(14)22)24(18(15)25)13-8-6-12(20)7-9-13/h3-9,11H,2,10H2,1H3. The van der Waals surface area contributed by atoms with Crippen LogP contribution in [-0.4, -0.2) is 21.9 Å². The minimum Gasteiger partial charge on any atom is -0.462 e. The molecule has 0 aliphatic heterocycles. The number of rotatable bonds is 5. The molecular weight excluding hydrogens is 422 g/mol. The van der Waals surface area contributed by atoms with E-state index in [-0.39, 0.29) is 24.3 Å². The number of hydrogen-bond acceptors (Lipinski definition) is 3. The average Bonchev–Trinajstić information content (AvgIpc) is 2.96. The second-order valence-corrected chi connectivity index (χ2v) is 6.57. The zero-order valence-corrected chi connectivity index (χ0v) is 15.9. The van der Waals surface area contributed by atoms with Crippen molar-refractivity contribution in [3.8, 4) is 5.69 Å².